The molecule has 0 atom stereocenters. The molecule has 6 nitrogen and oxygen atoms in total. The molecule has 94 valence electrons. The predicted octanol–water partition coefficient (Wildman–Crippen LogP) is 1.13. The number of nitrogens with one attached hydrogen (secondary N) is 1. The van der Waals surface area contributed by atoms with Crippen molar-refractivity contribution in [2.24, 2.45) is 5.73 Å². The fourth-order valence-corrected chi connectivity index (χ4v) is 1.68. The smallest absolute Gasteiger partial charge is 0.277 e. The molecule has 0 bridgehead atoms. The minimum absolute atomic E-state index is 0.278. The first-order valence-corrected chi connectivity index (χ1v) is 6.04. The number of hydrogen-bond donors (Lipinski definition) is 2. The van der Waals surface area contributed by atoms with Gasteiger partial charge in [0.25, 0.3) is 5.91 Å². The Labute approximate surface area is 108 Å². The molecule has 0 spiro atoms. The number of aromatic nitrogens is 2. The number of hydrogen-bond acceptors (Lipinski definition) is 6. The van der Waals surface area contributed by atoms with E-state index in [-0.39, 0.29) is 5.91 Å². The van der Waals surface area contributed by atoms with E-state index in [1.807, 2.05) is 0 Å². The summed E-state index contributed by atoms with van der Waals surface area (Å²) in [4.78, 5) is 11.7. The van der Waals surface area contributed by atoms with Crippen LogP contribution < -0.4 is 15.8 Å². The molecule has 2 aromatic rings. The summed E-state index contributed by atoms with van der Waals surface area (Å²) in [5, 5.41) is 2.71. The molecule has 0 aliphatic carbocycles. The number of nitrogens with zero attached hydrogens (tertiary/aromatic N) is 2. The molecule has 0 aliphatic heterocycles. The highest BCUT2D eigenvalue weighted by atomic mass is 32.1. The Kier molecular flexibility index (Phi) is 4.21. The zero-order chi connectivity index (χ0) is 12.8. The van der Waals surface area contributed by atoms with Crippen molar-refractivity contribution in [3.8, 4) is 5.75 Å². The van der Waals surface area contributed by atoms with Crippen LogP contribution >= 0.6 is 11.7 Å². The highest BCUT2D eigenvalue weighted by Crippen LogP contribution is 2.16. The molecule has 1 heterocycles. The first kappa shape index (κ1) is 12.5. The van der Waals surface area contributed by atoms with Crippen molar-refractivity contribution in [3.05, 3.63) is 36.2 Å². The molecule has 0 radical (unpaired) electrons. The van der Waals surface area contributed by atoms with Gasteiger partial charge < -0.3 is 15.8 Å². The second kappa shape index (κ2) is 6.08. The van der Waals surface area contributed by atoms with Gasteiger partial charge in [0.1, 0.15) is 12.4 Å². The molecular formula is C11H12N4O2S. The van der Waals surface area contributed by atoms with Crippen molar-refractivity contribution in [1.82, 2.24) is 8.75 Å². The van der Waals surface area contributed by atoms with Gasteiger partial charge in [0.2, 0.25) is 0 Å². The molecule has 0 aliphatic rings. The van der Waals surface area contributed by atoms with Crippen LogP contribution in [0, 0.1) is 0 Å². The van der Waals surface area contributed by atoms with E-state index in [1.54, 1.807) is 24.3 Å². The maximum atomic E-state index is 11.7. The third kappa shape index (κ3) is 3.25. The molecule has 18 heavy (non-hydrogen) atoms. The topological polar surface area (TPSA) is 90.1 Å². The lowest BCUT2D eigenvalue weighted by Crippen LogP contribution is -2.12. The van der Waals surface area contributed by atoms with Gasteiger partial charge in [-0.15, -0.1) is 0 Å². The Morgan fingerprint density at radius 2 is 2.17 bits per heavy atom. The van der Waals surface area contributed by atoms with Gasteiger partial charge in [-0.1, -0.05) is 0 Å². The minimum Gasteiger partial charge on any atom is -0.492 e. The Bertz CT molecular complexity index is 498. The SMILES string of the molecule is NCCOc1ccc(NC(=O)c2cnsn2)cc1. The molecule has 1 aromatic carbocycles. The molecule has 0 unspecified atom stereocenters. The second-order valence-corrected chi connectivity index (χ2v) is 3.97. The van der Waals surface area contributed by atoms with Crippen LogP contribution in [0.15, 0.2) is 30.5 Å². The van der Waals surface area contributed by atoms with Gasteiger partial charge in [-0.2, -0.15) is 8.75 Å². The normalized spacial score (nSPS) is 10.1. The maximum Gasteiger partial charge on any atom is 0.277 e. The number of ether oxygens (including phenoxy) is 1. The number of anilines is 1. The predicted molar refractivity (Wildman–Crippen MR) is 68.9 cm³/mol. The van der Waals surface area contributed by atoms with Crippen LogP contribution in [0.1, 0.15) is 10.5 Å². The largest absolute Gasteiger partial charge is 0.492 e. The molecular weight excluding hydrogens is 252 g/mol. The van der Waals surface area contributed by atoms with E-state index in [1.165, 1.54) is 6.20 Å². The molecule has 2 rings (SSSR count). The minimum atomic E-state index is -0.278. The van der Waals surface area contributed by atoms with Gasteiger partial charge in [0.05, 0.1) is 17.9 Å². The third-order valence-electron chi connectivity index (χ3n) is 2.09. The Hall–Kier alpha value is -1.99. The first-order valence-electron chi connectivity index (χ1n) is 5.31. The lowest BCUT2D eigenvalue weighted by molar-refractivity contribution is 0.102. The summed E-state index contributed by atoms with van der Waals surface area (Å²) in [5.74, 6) is 0.438. The van der Waals surface area contributed by atoms with E-state index >= 15 is 0 Å². The summed E-state index contributed by atoms with van der Waals surface area (Å²) in [6.07, 6.45) is 1.43. The number of nitrogens with two attached hydrogens (primary N) is 1. The third-order valence-corrected chi connectivity index (χ3v) is 2.57. The van der Waals surface area contributed by atoms with Crippen LogP contribution in [0.2, 0.25) is 0 Å². The molecule has 0 fully saturated rings. The lowest BCUT2D eigenvalue weighted by Gasteiger charge is -2.06. The van der Waals surface area contributed by atoms with Crippen molar-refractivity contribution < 1.29 is 9.53 Å². The van der Waals surface area contributed by atoms with Crippen LogP contribution in [-0.2, 0) is 0 Å². The molecule has 1 amide bonds. The van der Waals surface area contributed by atoms with Gasteiger partial charge in [-0.3, -0.25) is 4.79 Å². The fourth-order valence-electron chi connectivity index (χ4n) is 1.27. The van der Waals surface area contributed by atoms with Gasteiger partial charge in [0, 0.05) is 12.2 Å². The number of carbonyl (C=O) groups is 1. The van der Waals surface area contributed by atoms with E-state index in [9.17, 15) is 4.79 Å². The van der Waals surface area contributed by atoms with E-state index < -0.39 is 0 Å². The van der Waals surface area contributed by atoms with Gasteiger partial charge >= 0.3 is 0 Å². The summed E-state index contributed by atoms with van der Waals surface area (Å²) in [6.45, 7) is 0.936. The number of rotatable bonds is 5. The maximum absolute atomic E-state index is 11.7. The average molecular weight is 264 g/mol. The van der Waals surface area contributed by atoms with Crippen LogP contribution in [0.25, 0.3) is 0 Å². The summed E-state index contributed by atoms with van der Waals surface area (Å²) in [6, 6.07) is 7.04. The Morgan fingerprint density at radius 3 is 2.78 bits per heavy atom. The zero-order valence-corrected chi connectivity index (χ0v) is 10.3. The monoisotopic (exact) mass is 264 g/mol. The summed E-state index contributed by atoms with van der Waals surface area (Å²) in [7, 11) is 0. The first-order chi connectivity index (χ1) is 8.79. The summed E-state index contributed by atoms with van der Waals surface area (Å²) >= 11 is 0.997. The Balaban J connectivity index is 1.96. The van der Waals surface area contributed by atoms with Crippen molar-refractivity contribution in [1.29, 1.82) is 0 Å². The van der Waals surface area contributed by atoms with Crippen LogP contribution in [0.5, 0.6) is 5.75 Å². The van der Waals surface area contributed by atoms with Crippen LogP contribution in [-0.4, -0.2) is 27.8 Å². The van der Waals surface area contributed by atoms with Crippen molar-refractivity contribution in [2.45, 2.75) is 0 Å². The van der Waals surface area contributed by atoms with Crippen LogP contribution in [0.3, 0.4) is 0 Å². The zero-order valence-electron chi connectivity index (χ0n) is 9.50. The Morgan fingerprint density at radius 1 is 1.39 bits per heavy atom. The van der Waals surface area contributed by atoms with E-state index in [4.69, 9.17) is 10.5 Å². The lowest BCUT2D eigenvalue weighted by atomic mass is 10.3. The van der Waals surface area contributed by atoms with Crippen molar-refractivity contribution >= 4 is 23.3 Å². The van der Waals surface area contributed by atoms with Crippen molar-refractivity contribution in [3.63, 3.8) is 0 Å². The van der Waals surface area contributed by atoms with E-state index in [0.717, 1.165) is 11.7 Å². The van der Waals surface area contributed by atoms with E-state index in [0.29, 0.717) is 30.3 Å². The quantitative estimate of drug-likeness (QED) is 0.844. The number of amides is 1. The fraction of sp³-hybridized carbons (Fsp3) is 0.182. The van der Waals surface area contributed by atoms with E-state index in [2.05, 4.69) is 14.1 Å². The van der Waals surface area contributed by atoms with Gasteiger partial charge in [-0.25, -0.2) is 0 Å². The molecule has 0 saturated carbocycles. The molecule has 0 saturated heterocycles. The summed E-state index contributed by atoms with van der Waals surface area (Å²) in [5.41, 5.74) is 6.32. The van der Waals surface area contributed by atoms with Gasteiger partial charge in [-0.05, 0) is 24.3 Å². The van der Waals surface area contributed by atoms with Gasteiger partial charge in [0.15, 0.2) is 5.69 Å². The van der Waals surface area contributed by atoms with Crippen molar-refractivity contribution in [2.75, 3.05) is 18.5 Å². The highest BCUT2D eigenvalue weighted by molar-refractivity contribution is 6.99. The second-order valence-electron chi connectivity index (χ2n) is 3.41. The number of carbonyl (C=O) groups excluding carboxylic acids is 1. The molecule has 1 aromatic heterocycles. The average Bonchev–Trinajstić information content (AvgIpc) is 2.92. The standard InChI is InChI=1S/C11H12N4O2S/c12-5-6-17-9-3-1-8(2-4-9)14-11(16)10-7-13-18-15-10/h1-4,7H,5-6,12H2,(H,14,16). The molecule has 3 N–H and O–H groups in total. The molecule has 7 heteroatoms. The number of benzene rings is 1. The van der Waals surface area contributed by atoms with Crippen LogP contribution in [0.4, 0.5) is 5.69 Å². The highest BCUT2D eigenvalue weighted by Gasteiger charge is 2.08. The summed E-state index contributed by atoms with van der Waals surface area (Å²) < 4.78 is 12.9.